The van der Waals surface area contributed by atoms with Gasteiger partial charge in [0.15, 0.2) is 6.29 Å². The highest BCUT2D eigenvalue weighted by Crippen LogP contribution is 2.11. The molecule has 3 N–H and O–H groups in total. The number of nitrogens with two attached hydrogens (primary N) is 1. The van der Waals surface area contributed by atoms with E-state index in [2.05, 4.69) is 5.32 Å². The molecule has 0 bridgehead atoms. The second kappa shape index (κ2) is 3.71. The standard InChI is InChI=1S/C9H10N2O2/c1-11-9(13)8-3-2-7(10)4-6(8)5-12/h2-5H,10H2,1H3,(H,11,13). The van der Waals surface area contributed by atoms with Crippen molar-refractivity contribution in [3.8, 4) is 0 Å². The van der Waals surface area contributed by atoms with E-state index in [0.717, 1.165) is 0 Å². The van der Waals surface area contributed by atoms with Crippen LogP contribution in [0.25, 0.3) is 0 Å². The first kappa shape index (κ1) is 9.25. The highest BCUT2D eigenvalue weighted by atomic mass is 16.1. The molecule has 13 heavy (non-hydrogen) atoms. The molecular weight excluding hydrogens is 168 g/mol. The quantitative estimate of drug-likeness (QED) is 0.510. The summed E-state index contributed by atoms with van der Waals surface area (Å²) in [6.45, 7) is 0. The van der Waals surface area contributed by atoms with Gasteiger partial charge < -0.3 is 11.1 Å². The van der Waals surface area contributed by atoms with Crippen LogP contribution in [-0.2, 0) is 0 Å². The molecule has 0 heterocycles. The van der Waals surface area contributed by atoms with Crippen LogP contribution in [-0.4, -0.2) is 19.2 Å². The summed E-state index contributed by atoms with van der Waals surface area (Å²) >= 11 is 0. The fraction of sp³-hybridized carbons (Fsp3) is 0.111. The van der Waals surface area contributed by atoms with Gasteiger partial charge in [-0.1, -0.05) is 0 Å². The number of nitrogen functional groups attached to an aromatic ring is 1. The van der Waals surface area contributed by atoms with Crippen molar-refractivity contribution < 1.29 is 9.59 Å². The molecule has 0 saturated heterocycles. The number of hydrogen-bond donors (Lipinski definition) is 2. The van der Waals surface area contributed by atoms with Crippen molar-refractivity contribution in [2.24, 2.45) is 0 Å². The maximum Gasteiger partial charge on any atom is 0.251 e. The van der Waals surface area contributed by atoms with Gasteiger partial charge >= 0.3 is 0 Å². The van der Waals surface area contributed by atoms with Gasteiger partial charge in [-0.3, -0.25) is 9.59 Å². The average Bonchev–Trinajstić information content (AvgIpc) is 2.16. The molecule has 1 rings (SSSR count). The van der Waals surface area contributed by atoms with Crippen LogP contribution in [0, 0.1) is 0 Å². The van der Waals surface area contributed by atoms with E-state index < -0.39 is 0 Å². The molecule has 0 atom stereocenters. The topological polar surface area (TPSA) is 72.2 Å². The van der Waals surface area contributed by atoms with Crippen molar-refractivity contribution in [2.45, 2.75) is 0 Å². The van der Waals surface area contributed by atoms with Crippen molar-refractivity contribution >= 4 is 17.9 Å². The first-order valence-corrected chi connectivity index (χ1v) is 3.76. The van der Waals surface area contributed by atoms with E-state index >= 15 is 0 Å². The number of aldehydes is 1. The van der Waals surface area contributed by atoms with E-state index in [1.807, 2.05) is 0 Å². The summed E-state index contributed by atoms with van der Waals surface area (Å²) in [6.07, 6.45) is 0.612. The molecule has 68 valence electrons. The van der Waals surface area contributed by atoms with E-state index in [-0.39, 0.29) is 5.91 Å². The van der Waals surface area contributed by atoms with Crippen LogP contribution in [0.5, 0.6) is 0 Å². The smallest absolute Gasteiger partial charge is 0.251 e. The third-order valence-corrected chi connectivity index (χ3v) is 1.67. The number of carbonyl (C=O) groups excluding carboxylic acids is 2. The first-order chi connectivity index (χ1) is 6.19. The molecule has 0 aliphatic carbocycles. The van der Waals surface area contributed by atoms with Crippen LogP contribution in [0.15, 0.2) is 18.2 Å². The summed E-state index contributed by atoms with van der Waals surface area (Å²) in [6, 6.07) is 4.58. The van der Waals surface area contributed by atoms with Gasteiger partial charge in [-0.05, 0) is 18.2 Å². The molecule has 0 aliphatic heterocycles. The lowest BCUT2D eigenvalue weighted by Crippen LogP contribution is -2.19. The van der Waals surface area contributed by atoms with Crippen LogP contribution in [0.2, 0.25) is 0 Å². The molecule has 0 fully saturated rings. The van der Waals surface area contributed by atoms with Gasteiger partial charge in [0, 0.05) is 23.9 Å². The van der Waals surface area contributed by atoms with Crippen LogP contribution < -0.4 is 11.1 Å². The van der Waals surface area contributed by atoms with E-state index in [0.29, 0.717) is 23.1 Å². The van der Waals surface area contributed by atoms with Crippen LogP contribution >= 0.6 is 0 Å². The summed E-state index contributed by atoms with van der Waals surface area (Å²) in [4.78, 5) is 21.8. The number of benzene rings is 1. The van der Waals surface area contributed by atoms with Crippen molar-refractivity contribution in [1.29, 1.82) is 0 Å². The van der Waals surface area contributed by atoms with Crippen molar-refractivity contribution in [2.75, 3.05) is 12.8 Å². The number of carbonyl (C=O) groups is 2. The molecule has 0 spiro atoms. The van der Waals surface area contributed by atoms with E-state index in [4.69, 9.17) is 5.73 Å². The van der Waals surface area contributed by atoms with Gasteiger partial charge in [-0.25, -0.2) is 0 Å². The summed E-state index contributed by atoms with van der Waals surface area (Å²) < 4.78 is 0. The number of hydrogen-bond acceptors (Lipinski definition) is 3. The minimum atomic E-state index is -0.290. The monoisotopic (exact) mass is 178 g/mol. The Hall–Kier alpha value is -1.84. The predicted molar refractivity (Wildman–Crippen MR) is 49.6 cm³/mol. The van der Waals surface area contributed by atoms with Crippen LogP contribution in [0.3, 0.4) is 0 Å². The zero-order chi connectivity index (χ0) is 9.84. The van der Waals surface area contributed by atoms with Crippen LogP contribution in [0.1, 0.15) is 20.7 Å². The zero-order valence-electron chi connectivity index (χ0n) is 7.20. The van der Waals surface area contributed by atoms with Gasteiger partial charge in [0.25, 0.3) is 5.91 Å². The minimum absolute atomic E-state index is 0.290. The molecule has 1 aromatic rings. The Labute approximate surface area is 75.7 Å². The van der Waals surface area contributed by atoms with Crippen molar-refractivity contribution in [1.82, 2.24) is 5.32 Å². The summed E-state index contributed by atoms with van der Waals surface area (Å²) in [7, 11) is 1.51. The third kappa shape index (κ3) is 1.84. The molecule has 0 saturated carbocycles. The highest BCUT2D eigenvalue weighted by molar-refractivity contribution is 6.01. The molecule has 4 heteroatoms. The largest absolute Gasteiger partial charge is 0.399 e. The molecule has 1 aromatic carbocycles. The molecular formula is C9H10N2O2. The van der Waals surface area contributed by atoms with E-state index in [9.17, 15) is 9.59 Å². The Bertz CT molecular complexity index is 347. The SMILES string of the molecule is CNC(=O)c1ccc(N)cc1C=O. The molecule has 0 aliphatic rings. The maximum absolute atomic E-state index is 11.2. The first-order valence-electron chi connectivity index (χ1n) is 3.76. The number of rotatable bonds is 2. The van der Waals surface area contributed by atoms with Gasteiger partial charge in [0.05, 0.1) is 0 Å². The predicted octanol–water partition coefficient (Wildman–Crippen LogP) is 0.441. The minimum Gasteiger partial charge on any atom is -0.399 e. The fourth-order valence-corrected chi connectivity index (χ4v) is 1.02. The molecule has 0 unspecified atom stereocenters. The normalized spacial score (nSPS) is 9.31. The maximum atomic E-state index is 11.2. The van der Waals surface area contributed by atoms with E-state index in [1.165, 1.54) is 19.2 Å². The Kier molecular flexibility index (Phi) is 2.64. The second-order valence-electron chi connectivity index (χ2n) is 2.54. The van der Waals surface area contributed by atoms with Gasteiger partial charge in [-0.2, -0.15) is 0 Å². The summed E-state index contributed by atoms with van der Waals surface area (Å²) in [5.74, 6) is -0.290. The molecule has 0 radical (unpaired) electrons. The average molecular weight is 178 g/mol. The highest BCUT2D eigenvalue weighted by Gasteiger charge is 2.08. The lowest BCUT2D eigenvalue weighted by atomic mass is 10.1. The van der Waals surface area contributed by atoms with Gasteiger partial charge in [-0.15, -0.1) is 0 Å². The Morgan fingerprint density at radius 3 is 2.77 bits per heavy atom. The Morgan fingerprint density at radius 2 is 2.23 bits per heavy atom. The molecule has 1 amide bonds. The van der Waals surface area contributed by atoms with Crippen molar-refractivity contribution in [3.63, 3.8) is 0 Å². The number of anilines is 1. The number of amides is 1. The fourth-order valence-electron chi connectivity index (χ4n) is 1.02. The zero-order valence-corrected chi connectivity index (χ0v) is 7.20. The molecule has 4 nitrogen and oxygen atoms in total. The van der Waals surface area contributed by atoms with Gasteiger partial charge in [0.1, 0.15) is 0 Å². The summed E-state index contributed by atoms with van der Waals surface area (Å²) in [5.41, 5.74) is 6.57. The van der Waals surface area contributed by atoms with Crippen molar-refractivity contribution in [3.05, 3.63) is 29.3 Å². The van der Waals surface area contributed by atoms with Crippen LogP contribution in [0.4, 0.5) is 5.69 Å². The Morgan fingerprint density at radius 1 is 1.54 bits per heavy atom. The lowest BCUT2D eigenvalue weighted by Gasteiger charge is -2.03. The molecule has 0 aromatic heterocycles. The third-order valence-electron chi connectivity index (χ3n) is 1.67. The summed E-state index contributed by atoms with van der Waals surface area (Å²) in [5, 5.41) is 2.44. The Balaban J connectivity index is 3.20. The number of nitrogens with one attached hydrogen (secondary N) is 1. The van der Waals surface area contributed by atoms with Gasteiger partial charge in [0.2, 0.25) is 0 Å². The lowest BCUT2D eigenvalue weighted by molar-refractivity contribution is 0.0957. The second-order valence-corrected chi connectivity index (χ2v) is 2.54. The van der Waals surface area contributed by atoms with E-state index in [1.54, 1.807) is 6.07 Å².